The Morgan fingerprint density at radius 3 is 2.79 bits per heavy atom. The number of anilines is 1. The van der Waals surface area contributed by atoms with E-state index in [9.17, 15) is 4.39 Å². The molecule has 0 radical (unpaired) electrons. The Bertz CT molecular complexity index is 478. The number of nitrogens with two attached hydrogens (primary N) is 1. The highest BCUT2D eigenvalue weighted by Gasteiger charge is 2.23. The van der Waals surface area contributed by atoms with Crippen LogP contribution in [0.25, 0.3) is 0 Å². The highest BCUT2D eigenvalue weighted by molar-refractivity contribution is 7.80. The number of likely N-dealkylation sites (N-methyl/N-ethyl adjacent to an activating group) is 1. The summed E-state index contributed by atoms with van der Waals surface area (Å²) in [5, 5.41) is 0. The molecule has 2 N–H and O–H groups in total. The first-order valence-electron chi connectivity index (χ1n) is 6.57. The van der Waals surface area contributed by atoms with E-state index in [2.05, 4.69) is 23.8 Å². The Kier molecular flexibility index (Phi) is 4.37. The van der Waals surface area contributed by atoms with Gasteiger partial charge in [0.05, 0.1) is 0 Å². The van der Waals surface area contributed by atoms with E-state index in [-0.39, 0.29) is 10.8 Å². The molecule has 0 aliphatic carbocycles. The second kappa shape index (κ2) is 5.84. The van der Waals surface area contributed by atoms with Gasteiger partial charge < -0.3 is 10.6 Å². The third kappa shape index (κ3) is 3.04. The van der Waals surface area contributed by atoms with Gasteiger partial charge in [-0.2, -0.15) is 0 Å². The zero-order valence-corrected chi connectivity index (χ0v) is 12.2. The molecule has 0 aromatic heterocycles. The highest BCUT2D eigenvalue weighted by atomic mass is 32.1. The van der Waals surface area contributed by atoms with Gasteiger partial charge in [0.15, 0.2) is 0 Å². The van der Waals surface area contributed by atoms with Crippen LogP contribution in [0.1, 0.15) is 18.9 Å². The SMILES string of the molecule is CCC1CN(c2ccc(C(N)=S)c(F)c2)CCN1C. The van der Waals surface area contributed by atoms with Crippen molar-refractivity contribution in [2.45, 2.75) is 19.4 Å². The Morgan fingerprint density at radius 2 is 2.21 bits per heavy atom. The third-order valence-corrected chi connectivity index (χ3v) is 4.05. The summed E-state index contributed by atoms with van der Waals surface area (Å²) in [6.45, 7) is 5.02. The number of hydrogen-bond donors (Lipinski definition) is 1. The molecule has 104 valence electrons. The summed E-state index contributed by atoms with van der Waals surface area (Å²) < 4.78 is 13.9. The second-order valence-electron chi connectivity index (χ2n) is 5.02. The normalized spacial score (nSPS) is 20.6. The minimum atomic E-state index is -0.336. The average Bonchev–Trinajstić information content (AvgIpc) is 2.38. The molecule has 0 saturated carbocycles. The lowest BCUT2D eigenvalue weighted by atomic mass is 10.1. The summed E-state index contributed by atoms with van der Waals surface area (Å²) >= 11 is 4.82. The fourth-order valence-corrected chi connectivity index (χ4v) is 2.69. The standard InChI is InChI=1S/C14H20FN3S/c1-3-10-9-18(7-6-17(10)2)11-4-5-12(14(16)19)13(15)8-11/h4-5,8,10H,3,6-7,9H2,1-2H3,(H2,16,19). The van der Waals surface area contributed by atoms with Crippen molar-refractivity contribution in [1.82, 2.24) is 4.90 Å². The summed E-state index contributed by atoms with van der Waals surface area (Å²) in [7, 11) is 2.14. The van der Waals surface area contributed by atoms with Gasteiger partial charge in [-0.05, 0) is 31.7 Å². The molecule has 1 heterocycles. The molecule has 0 spiro atoms. The number of piperazine rings is 1. The molecule has 5 heteroatoms. The zero-order valence-electron chi connectivity index (χ0n) is 11.4. The van der Waals surface area contributed by atoms with Crippen molar-refractivity contribution in [1.29, 1.82) is 0 Å². The summed E-state index contributed by atoms with van der Waals surface area (Å²) in [5.74, 6) is -0.336. The minimum absolute atomic E-state index is 0.105. The molecule has 1 saturated heterocycles. The third-order valence-electron chi connectivity index (χ3n) is 3.83. The van der Waals surface area contributed by atoms with E-state index in [1.807, 2.05) is 6.07 Å². The van der Waals surface area contributed by atoms with Crippen LogP contribution in [0.4, 0.5) is 10.1 Å². The quantitative estimate of drug-likeness (QED) is 0.859. The van der Waals surface area contributed by atoms with Crippen molar-refractivity contribution in [2.75, 3.05) is 31.6 Å². The first-order valence-corrected chi connectivity index (χ1v) is 6.98. The Balaban J connectivity index is 2.18. The van der Waals surface area contributed by atoms with Crippen LogP contribution in [-0.4, -0.2) is 42.6 Å². The van der Waals surface area contributed by atoms with E-state index in [1.165, 1.54) is 6.07 Å². The van der Waals surface area contributed by atoms with Gasteiger partial charge in [0, 0.05) is 36.9 Å². The lowest BCUT2D eigenvalue weighted by Crippen LogP contribution is -2.51. The molecule has 1 aromatic carbocycles. The van der Waals surface area contributed by atoms with Crippen molar-refractivity contribution in [3.8, 4) is 0 Å². The van der Waals surface area contributed by atoms with Crippen molar-refractivity contribution < 1.29 is 4.39 Å². The molecular formula is C14H20FN3S. The number of thiocarbonyl (C=S) groups is 1. The molecule has 1 atom stereocenters. The smallest absolute Gasteiger partial charge is 0.135 e. The number of benzene rings is 1. The molecule has 1 aromatic rings. The van der Waals surface area contributed by atoms with Gasteiger partial charge in [-0.25, -0.2) is 4.39 Å². The van der Waals surface area contributed by atoms with E-state index in [0.717, 1.165) is 31.7 Å². The summed E-state index contributed by atoms with van der Waals surface area (Å²) in [5.41, 5.74) is 6.70. The van der Waals surface area contributed by atoms with Crippen LogP contribution in [0.5, 0.6) is 0 Å². The second-order valence-corrected chi connectivity index (χ2v) is 5.46. The number of hydrogen-bond acceptors (Lipinski definition) is 3. The predicted octanol–water partition coefficient (Wildman–Crippen LogP) is 1.99. The van der Waals surface area contributed by atoms with Crippen LogP contribution >= 0.6 is 12.2 Å². The van der Waals surface area contributed by atoms with Crippen molar-refractivity contribution in [3.05, 3.63) is 29.6 Å². The fraction of sp³-hybridized carbons (Fsp3) is 0.500. The van der Waals surface area contributed by atoms with Crippen molar-refractivity contribution >= 4 is 22.9 Å². The van der Waals surface area contributed by atoms with Gasteiger partial charge in [-0.3, -0.25) is 4.90 Å². The maximum atomic E-state index is 13.9. The van der Waals surface area contributed by atoms with Gasteiger partial charge in [-0.1, -0.05) is 19.1 Å². The number of halogens is 1. The lowest BCUT2D eigenvalue weighted by molar-refractivity contribution is 0.213. The fourth-order valence-electron chi connectivity index (χ4n) is 2.52. The van der Waals surface area contributed by atoms with Crippen molar-refractivity contribution in [3.63, 3.8) is 0 Å². The number of nitrogens with zero attached hydrogens (tertiary/aromatic N) is 2. The molecule has 19 heavy (non-hydrogen) atoms. The molecule has 0 amide bonds. The Hall–Kier alpha value is -1.20. The Labute approximate surface area is 119 Å². The Morgan fingerprint density at radius 1 is 1.47 bits per heavy atom. The van der Waals surface area contributed by atoms with Gasteiger partial charge in [0.1, 0.15) is 10.8 Å². The molecule has 1 unspecified atom stereocenters. The molecular weight excluding hydrogens is 261 g/mol. The largest absolute Gasteiger partial charge is 0.389 e. The van der Waals surface area contributed by atoms with Crippen LogP contribution in [0.2, 0.25) is 0 Å². The van der Waals surface area contributed by atoms with Crippen LogP contribution in [0.15, 0.2) is 18.2 Å². The number of rotatable bonds is 3. The first kappa shape index (κ1) is 14.2. The molecule has 1 aliphatic rings. The van der Waals surface area contributed by atoms with Gasteiger partial charge in [0.2, 0.25) is 0 Å². The van der Waals surface area contributed by atoms with E-state index >= 15 is 0 Å². The minimum Gasteiger partial charge on any atom is -0.389 e. The van der Waals surface area contributed by atoms with Crippen LogP contribution in [-0.2, 0) is 0 Å². The maximum absolute atomic E-state index is 13.9. The van der Waals surface area contributed by atoms with Gasteiger partial charge >= 0.3 is 0 Å². The average molecular weight is 281 g/mol. The lowest BCUT2D eigenvalue weighted by Gasteiger charge is -2.40. The molecule has 1 aliphatic heterocycles. The van der Waals surface area contributed by atoms with E-state index in [0.29, 0.717) is 11.6 Å². The molecule has 2 rings (SSSR count). The maximum Gasteiger partial charge on any atom is 0.135 e. The van der Waals surface area contributed by atoms with Crippen LogP contribution in [0.3, 0.4) is 0 Å². The summed E-state index contributed by atoms with van der Waals surface area (Å²) in [6.07, 6.45) is 1.10. The zero-order chi connectivity index (χ0) is 14.0. The topological polar surface area (TPSA) is 32.5 Å². The van der Waals surface area contributed by atoms with Crippen LogP contribution < -0.4 is 10.6 Å². The molecule has 1 fully saturated rings. The highest BCUT2D eigenvalue weighted by Crippen LogP contribution is 2.22. The molecule has 3 nitrogen and oxygen atoms in total. The molecule has 0 bridgehead atoms. The summed E-state index contributed by atoms with van der Waals surface area (Å²) in [4.78, 5) is 4.69. The van der Waals surface area contributed by atoms with E-state index < -0.39 is 0 Å². The van der Waals surface area contributed by atoms with E-state index in [1.54, 1.807) is 6.07 Å². The van der Waals surface area contributed by atoms with Gasteiger partial charge in [-0.15, -0.1) is 0 Å². The predicted molar refractivity (Wildman–Crippen MR) is 81.2 cm³/mol. The van der Waals surface area contributed by atoms with Crippen molar-refractivity contribution in [2.24, 2.45) is 5.73 Å². The monoisotopic (exact) mass is 281 g/mol. The van der Waals surface area contributed by atoms with Gasteiger partial charge in [0.25, 0.3) is 0 Å². The first-order chi connectivity index (χ1) is 9.02. The van der Waals surface area contributed by atoms with E-state index in [4.69, 9.17) is 18.0 Å². The summed E-state index contributed by atoms with van der Waals surface area (Å²) in [6, 6.07) is 5.63. The van der Waals surface area contributed by atoms with Crippen LogP contribution in [0, 0.1) is 5.82 Å².